The van der Waals surface area contributed by atoms with Crippen molar-refractivity contribution < 1.29 is 9.84 Å². The Morgan fingerprint density at radius 1 is 0.750 bits per heavy atom. The Kier molecular flexibility index (Phi) is 4.96. The molecule has 0 atom stereocenters. The number of methoxy groups -OCH3 is 1. The minimum Gasteiger partial charge on any atom is -0.504 e. The van der Waals surface area contributed by atoms with Gasteiger partial charge in [0, 0.05) is 21.7 Å². The van der Waals surface area contributed by atoms with Crippen molar-refractivity contribution in [3.63, 3.8) is 0 Å². The van der Waals surface area contributed by atoms with E-state index in [-0.39, 0.29) is 5.75 Å². The molecule has 0 aliphatic heterocycles. The van der Waals surface area contributed by atoms with E-state index in [0.717, 1.165) is 28.1 Å². The number of halogens is 1. The summed E-state index contributed by atoms with van der Waals surface area (Å²) in [5.74, 6) is 1.10. The number of hydrogen-bond donors (Lipinski definition) is 1. The summed E-state index contributed by atoms with van der Waals surface area (Å²) < 4.78 is 5.24. The molecule has 0 unspecified atom stereocenters. The number of aromatic hydroxyl groups is 1. The van der Waals surface area contributed by atoms with E-state index in [2.05, 4.69) is 0 Å². The topological polar surface area (TPSA) is 55.2 Å². The van der Waals surface area contributed by atoms with E-state index in [1.165, 1.54) is 7.11 Å². The summed E-state index contributed by atoms with van der Waals surface area (Å²) in [7, 11) is 1.52. The van der Waals surface area contributed by atoms with E-state index in [4.69, 9.17) is 26.3 Å². The van der Waals surface area contributed by atoms with Crippen LogP contribution in [0.3, 0.4) is 0 Å². The van der Waals surface area contributed by atoms with Gasteiger partial charge in [-0.25, -0.2) is 9.97 Å². The largest absolute Gasteiger partial charge is 0.504 e. The Labute approximate surface area is 168 Å². The highest BCUT2D eigenvalue weighted by molar-refractivity contribution is 6.30. The number of rotatable bonds is 4. The molecule has 28 heavy (non-hydrogen) atoms. The third-order valence-electron chi connectivity index (χ3n) is 4.37. The third kappa shape index (κ3) is 3.68. The molecule has 1 N–H and O–H groups in total. The molecule has 4 aromatic rings. The van der Waals surface area contributed by atoms with Gasteiger partial charge in [0.1, 0.15) is 0 Å². The van der Waals surface area contributed by atoms with E-state index in [1.54, 1.807) is 18.2 Å². The Hall–Kier alpha value is -3.37. The predicted molar refractivity (Wildman–Crippen MR) is 112 cm³/mol. The quantitative estimate of drug-likeness (QED) is 0.476. The molecule has 0 saturated carbocycles. The van der Waals surface area contributed by atoms with Crippen molar-refractivity contribution in [3.8, 4) is 45.4 Å². The van der Waals surface area contributed by atoms with Crippen molar-refractivity contribution in [3.05, 3.63) is 83.9 Å². The molecule has 1 aromatic heterocycles. The fourth-order valence-corrected chi connectivity index (χ4v) is 3.04. The van der Waals surface area contributed by atoms with Gasteiger partial charge in [0.25, 0.3) is 0 Å². The van der Waals surface area contributed by atoms with Gasteiger partial charge in [0.15, 0.2) is 17.3 Å². The smallest absolute Gasteiger partial charge is 0.161 e. The van der Waals surface area contributed by atoms with Crippen LogP contribution in [0.1, 0.15) is 0 Å². The van der Waals surface area contributed by atoms with E-state index in [0.29, 0.717) is 16.6 Å². The van der Waals surface area contributed by atoms with Gasteiger partial charge in [-0.05, 0) is 36.4 Å². The molecule has 0 aliphatic carbocycles. The average Bonchev–Trinajstić information content (AvgIpc) is 2.75. The number of phenols is 1. The van der Waals surface area contributed by atoms with Crippen LogP contribution < -0.4 is 4.74 Å². The lowest BCUT2D eigenvalue weighted by atomic mass is 10.1. The number of ether oxygens (including phenoxy) is 1. The summed E-state index contributed by atoms with van der Waals surface area (Å²) in [5.41, 5.74) is 4.20. The number of benzene rings is 3. The Balaban J connectivity index is 1.90. The second kappa shape index (κ2) is 7.71. The zero-order valence-electron chi connectivity index (χ0n) is 15.1. The molecule has 0 spiro atoms. The van der Waals surface area contributed by atoms with Gasteiger partial charge >= 0.3 is 0 Å². The SMILES string of the molecule is COc1cc(-c2cc(-c3ccc(Cl)cc3)nc(-c3ccccc3)n2)ccc1O. The summed E-state index contributed by atoms with van der Waals surface area (Å²) in [5, 5.41) is 10.6. The molecule has 138 valence electrons. The first-order chi connectivity index (χ1) is 13.6. The highest BCUT2D eigenvalue weighted by Crippen LogP contribution is 2.33. The fraction of sp³-hybridized carbons (Fsp3) is 0.0435. The van der Waals surface area contributed by atoms with Gasteiger partial charge in [-0.1, -0.05) is 54.1 Å². The van der Waals surface area contributed by atoms with Crippen LogP contribution in [0.2, 0.25) is 5.02 Å². The van der Waals surface area contributed by atoms with Crippen molar-refractivity contribution in [2.24, 2.45) is 0 Å². The molecule has 4 rings (SSSR count). The second-order valence-electron chi connectivity index (χ2n) is 6.22. The lowest BCUT2D eigenvalue weighted by molar-refractivity contribution is 0.373. The molecule has 4 nitrogen and oxygen atoms in total. The van der Waals surface area contributed by atoms with Gasteiger partial charge in [-0.15, -0.1) is 0 Å². The van der Waals surface area contributed by atoms with Crippen molar-refractivity contribution in [2.45, 2.75) is 0 Å². The van der Waals surface area contributed by atoms with Crippen LogP contribution in [0.25, 0.3) is 33.9 Å². The van der Waals surface area contributed by atoms with Gasteiger partial charge in [-0.2, -0.15) is 0 Å². The lowest BCUT2D eigenvalue weighted by Crippen LogP contribution is -1.96. The van der Waals surface area contributed by atoms with Crippen LogP contribution in [0.4, 0.5) is 0 Å². The molecule has 0 amide bonds. The van der Waals surface area contributed by atoms with Crippen molar-refractivity contribution in [1.29, 1.82) is 0 Å². The van der Waals surface area contributed by atoms with Crippen LogP contribution in [-0.2, 0) is 0 Å². The maximum Gasteiger partial charge on any atom is 0.161 e. The molecule has 5 heteroatoms. The summed E-state index contributed by atoms with van der Waals surface area (Å²) in [6.07, 6.45) is 0. The van der Waals surface area contributed by atoms with Crippen LogP contribution in [0.15, 0.2) is 78.9 Å². The summed E-state index contributed by atoms with van der Waals surface area (Å²) >= 11 is 6.03. The second-order valence-corrected chi connectivity index (χ2v) is 6.66. The lowest BCUT2D eigenvalue weighted by Gasteiger charge is -2.11. The summed E-state index contributed by atoms with van der Waals surface area (Å²) in [4.78, 5) is 9.50. The minimum absolute atomic E-state index is 0.0847. The zero-order chi connectivity index (χ0) is 19.5. The Bertz CT molecular complexity index is 1110. The fourth-order valence-electron chi connectivity index (χ4n) is 2.92. The first kappa shape index (κ1) is 18.0. The van der Waals surface area contributed by atoms with Gasteiger partial charge in [0.2, 0.25) is 0 Å². The van der Waals surface area contributed by atoms with Gasteiger partial charge in [-0.3, -0.25) is 0 Å². The molecule has 0 saturated heterocycles. The van der Waals surface area contributed by atoms with E-state index < -0.39 is 0 Å². The van der Waals surface area contributed by atoms with Crippen LogP contribution in [-0.4, -0.2) is 22.2 Å². The molecule has 0 aliphatic rings. The molecule has 1 heterocycles. The number of hydrogen-bond acceptors (Lipinski definition) is 4. The van der Waals surface area contributed by atoms with Crippen LogP contribution >= 0.6 is 11.6 Å². The number of phenolic OH excluding ortho intramolecular Hbond substituents is 1. The maximum atomic E-state index is 9.90. The third-order valence-corrected chi connectivity index (χ3v) is 4.63. The highest BCUT2D eigenvalue weighted by atomic mass is 35.5. The molecular weight excluding hydrogens is 372 g/mol. The van der Waals surface area contributed by atoms with Crippen LogP contribution in [0.5, 0.6) is 11.5 Å². The normalized spacial score (nSPS) is 10.6. The van der Waals surface area contributed by atoms with E-state index in [9.17, 15) is 5.11 Å². The summed E-state index contributed by atoms with van der Waals surface area (Å²) in [6, 6.07) is 24.4. The predicted octanol–water partition coefficient (Wildman–Crippen LogP) is 5.85. The Morgan fingerprint density at radius 2 is 1.39 bits per heavy atom. The molecule has 0 fully saturated rings. The minimum atomic E-state index is 0.0847. The summed E-state index contributed by atoms with van der Waals surface area (Å²) in [6.45, 7) is 0. The number of nitrogens with zero attached hydrogens (tertiary/aromatic N) is 2. The monoisotopic (exact) mass is 388 g/mol. The van der Waals surface area contributed by atoms with E-state index >= 15 is 0 Å². The maximum absolute atomic E-state index is 9.90. The van der Waals surface area contributed by atoms with Crippen molar-refractivity contribution in [2.75, 3.05) is 7.11 Å². The zero-order valence-corrected chi connectivity index (χ0v) is 15.9. The van der Waals surface area contributed by atoms with Crippen molar-refractivity contribution >= 4 is 11.6 Å². The molecular formula is C23H17ClN2O2. The van der Waals surface area contributed by atoms with Crippen LogP contribution in [0, 0.1) is 0 Å². The molecule has 0 bridgehead atoms. The van der Waals surface area contributed by atoms with Gasteiger partial charge < -0.3 is 9.84 Å². The van der Waals surface area contributed by atoms with Gasteiger partial charge in [0.05, 0.1) is 18.5 Å². The molecule has 0 radical (unpaired) electrons. The van der Waals surface area contributed by atoms with Crippen molar-refractivity contribution in [1.82, 2.24) is 9.97 Å². The highest BCUT2D eigenvalue weighted by Gasteiger charge is 2.12. The number of aromatic nitrogens is 2. The Morgan fingerprint density at radius 3 is 2.07 bits per heavy atom. The van der Waals surface area contributed by atoms with E-state index in [1.807, 2.05) is 60.7 Å². The average molecular weight is 389 g/mol. The molecule has 3 aromatic carbocycles. The first-order valence-electron chi connectivity index (χ1n) is 8.72. The standard InChI is InChI=1S/C23H17ClN2O2/c1-28-22-13-17(9-12-21(22)27)20-14-19(15-7-10-18(24)11-8-15)25-23(26-20)16-5-3-2-4-6-16/h2-14,27H,1H3. The first-order valence-corrected chi connectivity index (χ1v) is 9.09.